The first kappa shape index (κ1) is 16.0. The molecular formula is C17H16ClNO3. The van der Waals surface area contributed by atoms with Crippen molar-refractivity contribution in [3.63, 3.8) is 0 Å². The van der Waals surface area contributed by atoms with E-state index in [0.29, 0.717) is 16.3 Å². The highest BCUT2D eigenvalue weighted by Gasteiger charge is 2.10. The van der Waals surface area contributed by atoms with E-state index < -0.39 is 5.97 Å². The van der Waals surface area contributed by atoms with E-state index in [2.05, 4.69) is 5.32 Å². The van der Waals surface area contributed by atoms with Crippen LogP contribution in [0.5, 0.6) is 5.75 Å². The topological polar surface area (TPSA) is 55.4 Å². The molecule has 22 heavy (non-hydrogen) atoms. The number of hydrogen-bond acceptors (Lipinski definition) is 3. The van der Waals surface area contributed by atoms with Gasteiger partial charge >= 0.3 is 5.97 Å². The Bertz CT molecular complexity index is 626. The molecule has 0 atom stereocenters. The zero-order chi connectivity index (χ0) is 15.9. The molecule has 4 nitrogen and oxygen atoms in total. The predicted molar refractivity (Wildman–Crippen MR) is 85.0 cm³/mol. The van der Waals surface area contributed by atoms with Crippen LogP contribution in [0.15, 0.2) is 48.5 Å². The van der Waals surface area contributed by atoms with Crippen molar-refractivity contribution in [1.82, 2.24) is 5.32 Å². The molecule has 0 spiro atoms. The van der Waals surface area contributed by atoms with E-state index >= 15 is 0 Å². The van der Waals surface area contributed by atoms with Crippen molar-refractivity contribution >= 4 is 23.5 Å². The molecule has 0 aliphatic heterocycles. The number of esters is 1. The third-order valence-electron chi connectivity index (χ3n) is 3.06. The highest BCUT2D eigenvalue weighted by molar-refractivity contribution is 6.31. The lowest BCUT2D eigenvalue weighted by Crippen LogP contribution is -2.33. The van der Waals surface area contributed by atoms with Crippen LogP contribution in [0.25, 0.3) is 0 Å². The maximum Gasteiger partial charge on any atom is 0.330 e. The average Bonchev–Trinajstić information content (AvgIpc) is 2.50. The summed E-state index contributed by atoms with van der Waals surface area (Å²) >= 11 is 5.98. The minimum Gasteiger partial charge on any atom is -0.425 e. The molecule has 1 amide bonds. The summed E-state index contributed by atoms with van der Waals surface area (Å²) < 4.78 is 5.19. The molecule has 114 valence electrons. The van der Waals surface area contributed by atoms with Gasteiger partial charge < -0.3 is 10.1 Å². The zero-order valence-corrected chi connectivity index (χ0v) is 12.9. The fourth-order valence-electron chi connectivity index (χ4n) is 1.88. The fourth-order valence-corrected chi connectivity index (χ4v) is 2.08. The van der Waals surface area contributed by atoms with E-state index in [0.717, 1.165) is 5.56 Å². The van der Waals surface area contributed by atoms with Crippen LogP contribution < -0.4 is 10.1 Å². The molecule has 2 aromatic rings. The first-order chi connectivity index (χ1) is 10.6. The third kappa shape index (κ3) is 4.60. The summed E-state index contributed by atoms with van der Waals surface area (Å²) in [5.74, 6) is -0.301. The van der Waals surface area contributed by atoms with Crippen LogP contribution in [0.4, 0.5) is 0 Å². The summed E-state index contributed by atoms with van der Waals surface area (Å²) in [6, 6.07) is 14.3. The van der Waals surface area contributed by atoms with Gasteiger partial charge in [-0.2, -0.15) is 0 Å². The Labute approximate surface area is 134 Å². The lowest BCUT2D eigenvalue weighted by molar-refractivity contribution is -0.135. The molecule has 0 heterocycles. The van der Waals surface area contributed by atoms with Crippen LogP contribution >= 0.6 is 11.6 Å². The van der Waals surface area contributed by atoms with Gasteiger partial charge in [-0.1, -0.05) is 48.0 Å². The van der Waals surface area contributed by atoms with Crippen molar-refractivity contribution in [2.24, 2.45) is 0 Å². The number of carbonyl (C=O) groups is 2. The second-order valence-corrected chi connectivity index (χ2v) is 5.19. The lowest BCUT2D eigenvalue weighted by atomic mass is 10.1. The number of ether oxygens (including phenoxy) is 1. The molecule has 2 rings (SSSR count). The summed E-state index contributed by atoms with van der Waals surface area (Å²) in [6.45, 7) is 1.66. The summed E-state index contributed by atoms with van der Waals surface area (Å²) in [5, 5.41) is 3.05. The van der Waals surface area contributed by atoms with Crippen LogP contribution in [0.2, 0.25) is 5.02 Å². The maximum atomic E-state index is 11.8. The van der Waals surface area contributed by atoms with Crippen LogP contribution in [-0.2, 0) is 16.0 Å². The Morgan fingerprint density at radius 1 is 1.09 bits per heavy atom. The van der Waals surface area contributed by atoms with E-state index in [-0.39, 0.29) is 18.9 Å². The Balaban J connectivity index is 1.82. The number of rotatable bonds is 5. The highest BCUT2D eigenvalue weighted by atomic mass is 35.5. The smallest absolute Gasteiger partial charge is 0.330 e. The van der Waals surface area contributed by atoms with Crippen molar-refractivity contribution in [3.05, 3.63) is 64.7 Å². The van der Waals surface area contributed by atoms with Gasteiger partial charge in [0.15, 0.2) is 0 Å². The molecule has 0 aliphatic carbocycles. The second kappa shape index (κ2) is 7.61. The highest BCUT2D eigenvalue weighted by Crippen LogP contribution is 2.16. The number of nitrogens with one attached hydrogen (secondary N) is 1. The van der Waals surface area contributed by atoms with Gasteiger partial charge in [0.25, 0.3) is 0 Å². The molecule has 0 bridgehead atoms. The maximum absolute atomic E-state index is 11.8. The van der Waals surface area contributed by atoms with Gasteiger partial charge in [0.2, 0.25) is 5.91 Å². The first-order valence-electron chi connectivity index (χ1n) is 6.82. The van der Waals surface area contributed by atoms with E-state index in [4.69, 9.17) is 16.3 Å². The van der Waals surface area contributed by atoms with Gasteiger partial charge in [-0.25, -0.2) is 4.79 Å². The number of amides is 1. The molecule has 0 saturated heterocycles. The number of hydrogen-bond donors (Lipinski definition) is 1. The molecule has 5 heteroatoms. The summed E-state index contributed by atoms with van der Waals surface area (Å²) in [4.78, 5) is 23.5. The second-order valence-electron chi connectivity index (χ2n) is 4.78. The first-order valence-corrected chi connectivity index (χ1v) is 7.20. The van der Waals surface area contributed by atoms with Crippen LogP contribution in [0.3, 0.4) is 0 Å². The minimum atomic E-state index is -0.512. The van der Waals surface area contributed by atoms with Crippen molar-refractivity contribution in [1.29, 1.82) is 0 Å². The van der Waals surface area contributed by atoms with E-state index in [1.54, 1.807) is 36.4 Å². The van der Waals surface area contributed by atoms with Crippen molar-refractivity contribution in [2.45, 2.75) is 13.3 Å². The molecule has 0 saturated carbocycles. The van der Waals surface area contributed by atoms with Gasteiger partial charge in [0.05, 0.1) is 6.42 Å². The molecule has 0 fully saturated rings. The quantitative estimate of drug-likeness (QED) is 0.681. The van der Waals surface area contributed by atoms with Crippen molar-refractivity contribution in [3.8, 4) is 5.75 Å². The van der Waals surface area contributed by atoms with E-state index in [1.807, 2.05) is 19.1 Å². The Morgan fingerprint density at radius 3 is 2.50 bits per heavy atom. The summed E-state index contributed by atoms with van der Waals surface area (Å²) in [7, 11) is 0. The fraction of sp³-hybridized carbons (Fsp3) is 0.176. The Kier molecular flexibility index (Phi) is 5.55. The molecule has 1 N–H and O–H groups in total. The van der Waals surface area contributed by atoms with E-state index in [1.165, 1.54) is 0 Å². The molecular weight excluding hydrogens is 302 g/mol. The molecule has 0 unspecified atom stereocenters. The standard InChI is InChI=1S/C17H16ClNO3/c1-12-6-2-5-9-15(12)22-17(21)11-19-16(20)10-13-7-3-4-8-14(13)18/h2-9H,10-11H2,1H3,(H,19,20). The molecule has 2 aromatic carbocycles. The lowest BCUT2D eigenvalue weighted by Gasteiger charge is -2.08. The van der Waals surface area contributed by atoms with Gasteiger partial charge in [-0.3, -0.25) is 4.79 Å². The number of halogens is 1. The largest absolute Gasteiger partial charge is 0.425 e. The molecule has 0 aromatic heterocycles. The number of carbonyl (C=O) groups excluding carboxylic acids is 2. The summed E-state index contributed by atoms with van der Waals surface area (Å²) in [5.41, 5.74) is 1.58. The average molecular weight is 318 g/mol. The van der Waals surface area contributed by atoms with Gasteiger partial charge in [-0.15, -0.1) is 0 Å². The normalized spacial score (nSPS) is 10.1. The zero-order valence-electron chi connectivity index (χ0n) is 12.1. The predicted octanol–water partition coefficient (Wildman–Crippen LogP) is 2.91. The Hall–Kier alpha value is -2.33. The van der Waals surface area contributed by atoms with Crippen molar-refractivity contribution in [2.75, 3.05) is 6.54 Å². The van der Waals surface area contributed by atoms with Gasteiger partial charge in [0, 0.05) is 5.02 Å². The van der Waals surface area contributed by atoms with Crippen LogP contribution in [0.1, 0.15) is 11.1 Å². The van der Waals surface area contributed by atoms with Gasteiger partial charge in [0.1, 0.15) is 12.3 Å². The molecule has 0 radical (unpaired) electrons. The minimum absolute atomic E-state index is 0.122. The third-order valence-corrected chi connectivity index (χ3v) is 3.42. The van der Waals surface area contributed by atoms with Crippen LogP contribution in [-0.4, -0.2) is 18.4 Å². The SMILES string of the molecule is Cc1ccccc1OC(=O)CNC(=O)Cc1ccccc1Cl. The number of para-hydroxylation sites is 1. The Morgan fingerprint density at radius 2 is 1.77 bits per heavy atom. The van der Waals surface area contributed by atoms with Crippen molar-refractivity contribution < 1.29 is 14.3 Å². The van der Waals surface area contributed by atoms with Crippen LogP contribution in [0, 0.1) is 6.92 Å². The monoisotopic (exact) mass is 317 g/mol. The number of aryl methyl sites for hydroxylation is 1. The van der Waals surface area contributed by atoms with Gasteiger partial charge in [-0.05, 0) is 30.2 Å². The number of benzene rings is 2. The summed E-state index contributed by atoms with van der Waals surface area (Å²) in [6.07, 6.45) is 0.122. The molecule has 0 aliphatic rings. The van der Waals surface area contributed by atoms with E-state index in [9.17, 15) is 9.59 Å².